The van der Waals surface area contributed by atoms with Crippen molar-refractivity contribution in [2.75, 3.05) is 0 Å². The van der Waals surface area contributed by atoms with Crippen LogP contribution in [0.1, 0.15) is 37.4 Å². The van der Waals surface area contributed by atoms with E-state index in [0.717, 1.165) is 42.5 Å². The molecule has 0 heterocycles. The Morgan fingerprint density at radius 3 is 1.97 bits per heavy atom. The monoisotopic (exact) mass is 448 g/mol. The minimum Gasteiger partial charge on any atom is -0.289 e. The maximum Gasteiger partial charge on any atom is 0.281 e. The van der Waals surface area contributed by atoms with Gasteiger partial charge in [-0.3, -0.25) is 44.7 Å². The number of nitro benzene ring substituents is 3. The summed E-state index contributed by atoms with van der Waals surface area (Å²) in [6.45, 7) is 0. The number of rotatable bonds is 8. The van der Waals surface area contributed by atoms with Gasteiger partial charge in [0.2, 0.25) is 12.1 Å². The van der Waals surface area contributed by atoms with Gasteiger partial charge in [-0.1, -0.05) is 24.3 Å². The second-order valence-electron chi connectivity index (χ2n) is 6.48. The molecule has 163 valence electrons. The molecule has 0 aliphatic rings. The third-order valence-electron chi connectivity index (χ3n) is 4.61. The number of carbonyl (C=O) groups is 2. The largest absolute Gasteiger partial charge is 0.289 e. The predicted molar refractivity (Wildman–Crippen MR) is 111 cm³/mol. The lowest BCUT2D eigenvalue weighted by molar-refractivity contribution is -0.385. The van der Waals surface area contributed by atoms with Crippen LogP contribution in [0.25, 0.3) is 0 Å². The number of non-ortho nitro benzene ring substituents is 1. The van der Waals surface area contributed by atoms with Crippen LogP contribution < -0.4 is 0 Å². The molecule has 0 fully saturated rings. The van der Waals surface area contributed by atoms with Crippen molar-refractivity contribution in [3.05, 3.63) is 119 Å². The molecule has 33 heavy (non-hydrogen) atoms. The molecule has 0 aliphatic heterocycles. The third kappa shape index (κ3) is 4.20. The molecule has 3 aromatic rings. The Kier molecular flexibility index (Phi) is 6.10. The highest BCUT2D eigenvalue weighted by molar-refractivity contribution is 6.24. The van der Waals surface area contributed by atoms with E-state index in [2.05, 4.69) is 0 Å². The van der Waals surface area contributed by atoms with Crippen LogP contribution in [0.15, 0.2) is 60.7 Å². The van der Waals surface area contributed by atoms with Gasteiger partial charge in [-0.15, -0.1) is 0 Å². The lowest BCUT2D eigenvalue weighted by atomic mass is 9.88. The fourth-order valence-electron chi connectivity index (χ4n) is 3.16. The van der Waals surface area contributed by atoms with Crippen molar-refractivity contribution in [3.8, 4) is 0 Å². The van der Waals surface area contributed by atoms with Gasteiger partial charge in [-0.2, -0.15) is 0 Å². The number of para-hydroxylation sites is 1. The first-order valence-corrected chi connectivity index (χ1v) is 8.94. The van der Waals surface area contributed by atoms with Crippen LogP contribution in [0.5, 0.6) is 0 Å². The maximum absolute atomic E-state index is 13.3. The van der Waals surface area contributed by atoms with E-state index in [-0.39, 0.29) is 5.56 Å². The summed E-state index contributed by atoms with van der Waals surface area (Å²) in [6.07, 6.45) is 1.42. The normalized spacial score (nSPS) is 10.3. The van der Waals surface area contributed by atoms with Crippen LogP contribution in [0.3, 0.4) is 0 Å². The first-order chi connectivity index (χ1) is 15.7. The molecule has 0 saturated heterocycles. The van der Waals surface area contributed by atoms with Gasteiger partial charge in [-0.05, 0) is 12.1 Å². The maximum atomic E-state index is 13.3. The number of carbonyl (C=O) groups excluding carboxylic acids is 3. The minimum absolute atomic E-state index is 0.335. The van der Waals surface area contributed by atoms with Crippen molar-refractivity contribution in [3.63, 3.8) is 0 Å². The van der Waals surface area contributed by atoms with E-state index in [4.69, 9.17) is 0 Å². The average molecular weight is 448 g/mol. The lowest BCUT2D eigenvalue weighted by Gasteiger charge is -2.11. The second kappa shape index (κ2) is 8.93. The number of benzene rings is 3. The molecule has 0 atom stereocenters. The van der Waals surface area contributed by atoms with Crippen LogP contribution in [-0.2, 0) is 4.79 Å². The molecular formula is C21H10N3O9. The zero-order chi connectivity index (χ0) is 24.3. The summed E-state index contributed by atoms with van der Waals surface area (Å²) in [5, 5.41) is 34.1. The standard InChI is InChI=1S/C21H10N3O9/c25-11-13-8-9-17(24(32)33)19(21(27)15-6-1-2-7-16(15)23(30)31)18(13)20(26)12-4-3-5-14(10-12)22(28)29/h1-10H. The van der Waals surface area contributed by atoms with E-state index >= 15 is 0 Å². The number of nitrogens with zero attached hydrogens (tertiary/aromatic N) is 3. The molecule has 12 nitrogen and oxygen atoms in total. The Labute approximate surface area is 183 Å². The number of hydrogen-bond donors (Lipinski definition) is 0. The lowest BCUT2D eigenvalue weighted by Crippen LogP contribution is -2.17. The van der Waals surface area contributed by atoms with E-state index in [0.29, 0.717) is 0 Å². The van der Waals surface area contributed by atoms with Crippen molar-refractivity contribution in [2.45, 2.75) is 0 Å². The van der Waals surface area contributed by atoms with Gasteiger partial charge in [0.15, 0.2) is 5.78 Å². The molecule has 0 saturated carbocycles. The summed E-state index contributed by atoms with van der Waals surface area (Å²) in [4.78, 5) is 69.5. The molecule has 12 heteroatoms. The minimum atomic E-state index is -1.25. The molecule has 0 amide bonds. The van der Waals surface area contributed by atoms with E-state index in [9.17, 15) is 44.7 Å². The predicted octanol–water partition coefficient (Wildman–Crippen LogP) is 3.33. The molecule has 0 bridgehead atoms. The zero-order valence-electron chi connectivity index (χ0n) is 16.3. The van der Waals surface area contributed by atoms with Crippen LogP contribution in [0.4, 0.5) is 17.1 Å². The number of hydrogen-bond acceptors (Lipinski definition) is 9. The molecule has 0 spiro atoms. The van der Waals surface area contributed by atoms with E-state index in [1.807, 2.05) is 0 Å². The van der Waals surface area contributed by atoms with Crippen LogP contribution in [-0.4, -0.2) is 32.6 Å². The fourth-order valence-corrected chi connectivity index (χ4v) is 3.16. The molecule has 0 unspecified atom stereocenters. The molecular weight excluding hydrogens is 438 g/mol. The topological polar surface area (TPSA) is 181 Å². The first kappa shape index (κ1) is 22.6. The summed E-state index contributed by atoms with van der Waals surface area (Å²) in [5.41, 5.74) is -5.07. The van der Waals surface area contributed by atoms with E-state index in [1.54, 1.807) is 0 Å². The first-order valence-electron chi connectivity index (χ1n) is 8.94. The van der Waals surface area contributed by atoms with Gasteiger partial charge < -0.3 is 0 Å². The van der Waals surface area contributed by atoms with Crippen molar-refractivity contribution in [1.29, 1.82) is 0 Å². The highest BCUT2D eigenvalue weighted by Crippen LogP contribution is 2.32. The smallest absolute Gasteiger partial charge is 0.281 e. The van der Waals surface area contributed by atoms with Crippen molar-refractivity contribution >= 4 is 34.9 Å². The summed E-state index contributed by atoms with van der Waals surface area (Å²) < 4.78 is 0. The third-order valence-corrected chi connectivity index (χ3v) is 4.61. The van der Waals surface area contributed by atoms with Crippen molar-refractivity contribution in [2.24, 2.45) is 0 Å². The summed E-state index contributed by atoms with van der Waals surface area (Å²) >= 11 is 0. The Bertz CT molecular complexity index is 1360. The van der Waals surface area contributed by atoms with Crippen LogP contribution in [0, 0.1) is 30.3 Å². The Morgan fingerprint density at radius 1 is 0.697 bits per heavy atom. The molecule has 3 aromatic carbocycles. The number of ketones is 2. The highest BCUT2D eigenvalue weighted by atomic mass is 16.6. The highest BCUT2D eigenvalue weighted by Gasteiger charge is 2.34. The van der Waals surface area contributed by atoms with Crippen molar-refractivity contribution < 1.29 is 29.2 Å². The van der Waals surface area contributed by atoms with Crippen LogP contribution in [0.2, 0.25) is 0 Å². The Hall–Kier alpha value is -5.13. The van der Waals surface area contributed by atoms with Gasteiger partial charge in [0.25, 0.3) is 17.1 Å². The molecule has 0 aliphatic carbocycles. The van der Waals surface area contributed by atoms with Gasteiger partial charge in [0.1, 0.15) is 11.1 Å². The zero-order valence-corrected chi connectivity index (χ0v) is 16.3. The Balaban J connectivity index is 2.36. The number of nitro groups is 3. The quantitative estimate of drug-likeness (QED) is 0.283. The molecule has 0 aromatic heterocycles. The molecule has 3 rings (SSSR count). The second-order valence-corrected chi connectivity index (χ2v) is 6.48. The van der Waals surface area contributed by atoms with Gasteiger partial charge in [0, 0.05) is 35.4 Å². The molecule has 1 radical (unpaired) electrons. The molecule has 0 N–H and O–H groups in total. The van der Waals surface area contributed by atoms with Crippen LogP contribution >= 0.6 is 0 Å². The average Bonchev–Trinajstić information content (AvgIpc) is 2.82. The fraction of sp³-hybridized carbons (Fsp3) is 0. The van der Waals surface area contributed by atoms with Gasteiger partial charge in [-0.25, -0.2) is 0 Å². The summed E-state index contributed by atoms with van der Waals surface area (Å²) in [6, 6.07) is 10.6. The van der Waals surface area contributed by atoms with E-state index < -0.39 is 65.7 Å². The SMILES string of the molecule is O=[C]c1ccc([N+](=O)[O-])c(C(=O)c2ccccc2[N+](=O)[O-])c1C(=O)c1cccc([N+](=O)[O-])c1. The summed E-state index contributed by atoms with van der Waals surface area (Å²) in [5.74, 6) is -2.36. The summed E-state index contributed by atoms with van der Waals surface area (Å²) in [7, 11) is 0. The van der Waals surface area contributed by atoms with Gasteiger partial charge >= 0.3 is 0 Å². The van der Waals surface area contributed by atoms with Crippen molar-refractivity contribution in [1.82, 2.24) is 0 Å². The Morgan fingerprint density at radius 2 is 1.36 bits per heavy atom. The van der Waals surface area contributed by atoms with Gasteiger partial charge in [0.05, 0.1) is 20.3 Å². The van der Waals surface area contributed by atoms with E-state index in [1.165, 1.54) is 24.5 Å².